The summed E-state index contributed by atoms with van der Waals surface area (Å²) in [4.78, 5) is 34.9. The van der Waals surface area contributed by atoms with Crippen molar-refractivity contribution >= 4 is 57.7 Å². The second-order valence-corrected chi connectivity index (χ2v) is 10.4. The molecule has 174 valence electrons. The third kappa shape index (κ3) is 4.66. The van der Waals surface area contributed by atoms with Crippen LogP contribution in [0.15, 0.2) is 34.9 Å². The molecule has 0 aliphatic carbocycles. The highest BCUT2D eigenvalue weighted by Crippen LogP contribution is 2.39. The molecule has 2 amide bonds. The van der Waals surface area contributed by atoms with Gasteiger partial charge in [-0.2, -0.15) is 12.6 Å². The fraction of sp³-hybridized carbons (Fsp3) is 0.435. The molecule has 3 aliphatic heterocycles. The lowest BCUT2D eigenvalue weighted by molar-refractivity contribution is -0.137. The highest BCUT2D eigenvalue weighted by atomic mass is 79.9. The lowest BCUT2D eigenvalue weighted by Gasteiger charge is -2.36. The van der Waals surface area contributed by atoms with Gasteiger partial charge in [0.2, 0.25) is 11.8 Å². The number of hydrogen-bond acceptors (Lipinski definition) is 7. The number of fused-ring (bicyclic) bond motifs is 1. The van der Waals surface area contributed by atoms with E-state index in [1.165, 1.54) is 11.1 Å². The molecule has 0 spiro atoms. The Bertz CT molecular complexity index is 1090. The number of pyridine rings is 1. The van der Waals surface area contributed by atoms with E-state index in [1.54, 1.807) is 6.20 Å². The number of aromatic nitrogens is 1. The van der Waals surface area contributed by atoms with Gasteiger partial charge in [-0.25, -0.2) is 4.98 Å². The van der Waals surface area contributed by atoms with Gasteiger partial charge in [-0.1, -0.05) is 29.8 Å². The molecule has 1 N–H and O–H groups in total. The number of imide groups is 1. The van der Waals surface area contributed by atoms with Gasteiger partial charge in [0, 0.05) is 51.9 Å². The number of benzene rings is 1. The van der Waals surface area contributed by atoms with Crippen LogP contribution in [0.3, 0.4) is 0 Å². The van der Waals surface area contributed by atoms with Gasteiger partial charge in [0.1, 0.15) is 5.15 Å². The number of anilines is 1. The Labute approximate surface area is 212 Å². The number of carbonyl (C=O) groups is 2. The van der Waals surface area contributed by atoms with Gasteiger partial charge in [0.05, 0.1) is 21.6 Å². The topological polar surface area (TPSA) is 68.8 Å². The van der Waals surface area contributed by atoms with Gasteiger partial charge >= 0.3 is 0 Å². The van der Waals surface area contributed by atoms with E-state index in [2.05, 4.69) is 59.1 Å². The van der Waals surface area contributed by atoms with Crippen LogP contribution in [-0.4, -0.2) is 58.8 Å². The summed E-state index contributed by atoms with van der Waals surface area (Å²) in [6, 6.07) is 8.24. The van der Waals surface area contributed by atoms with Crippen LogP contribution >= 0.6 is 40.2 Å². The van der Waals surface area contributed by atoms with Gasteiger partial charge in [0.25, 0.3) is 0 Å². The molecule has 2 aromatic rings. The van der Waals surface area contributed by atoms with Crippen LogP contribution < -0.4 is 10.2 Å². The Hall–Kier alpha value is -1.65. The quantitative estimate of drug-likeness (QED) is 0.346. The number of nitrogens with zero attached hydrogens (tertiary/aromatic N) is 4. The first-order valence-electron chi connectivity index (χ1n) is 11.1. The van der Waals surface area contributed by atoms with Gasteiger partial charge < -0.3 is 4.90 Å². The standard InChI is InChI=1S/C23H25BrClN5O2S/c24-20-17(5-6-26-21(20)25)29-9-7-28(8-10-29)12-14-1-2-16-15(11-14)13-30(23(16)33)18-3-4-19(31)27-22(18)32/h1-2,5-6,11,18,23,33H,3-4,7-10,12-13H2,(H,27,31,32). The summed E-state index contributed by atoms with van der Waals surface area (Å²) in [6.45, 7) is 5.32. The second-order valence-electron chi connectivity index (χ2n) is 8.74. The van der Waals surface area contributed by atoms with E-state index < -0.39 is 0 Å². The third-order valence-electron chi connectivity index (χ3n) is 6.71. The van der Waals surface area contributed by atoms with Crippen LogP contribution in [0.4, 0.5) is 5.69 Å². The zero-order valence-electron chi connectivity index (χ0n) is 18.0. The number of rotatable bonds is 4. The van der Waals surface area contributed by atoms with Crippen molar-refractivity contribution in [2.75, 3.05) is 31.1 Å². The van der Waals surface area contributed by atoms with Gasteiger partial charge in [-0.05, 0) is 45.1 Å². The minimum Gasteiger partial charge on any atom is -0.368 e. The van der Waals surface area contributed by atoms with Crippen LogP contribution in [0.5, 0.6) is 0 Å². The van der Waals surface area contributed by atoms with Crippen molar-refractivity contribution in [3.05, 3.63) is 56.8 Å². The van der Waals surface area contributed by atoms with E-state index in [0.29, 0.717) is 24.5 Å². The molecular weight excluding hydrogens is 526 g/mol. The zero-order valence-corrected chi connectivity index (χ0v) is 21.2. The fourth-order valence-corrected chi connectivity index (χ4v) is 6.08. The van der Waals surface area contributed by atoms with Crippen LogP contribution in [0.2, 0.25) is 5.15 Å². The van der Waals surface area contributed by atoms with E-state index >= 15 is 0 Å². The zero-order chi connectivity index (χ0) is 23.1. The highest BCUT2D eigenvalue weighted by Gasteiger charge is 2.39. The molecule has 1 aromatic heterocycles. The van der Waals surface area contributed by atoms with Crippen molar-refractivity contribution in [1.82, 2.24) is 20.1 Å². The number of thiol groups is 1. The monoisotopic (exact) mass is 549 g/mol. The summed E-state index contributed by atoms with van der Waals surface area (Å²) in [7, 11) is 0. The maximum Gasteiger partial charge on any atom is 0.243 e. The average molecular weight is 551 g/mol. The van der Waals surface area contributed by atoms with Gasteiger partial charge in [0.15, 0.2) is 0 Å². The van der Waals surface area contributed by atoms with E-state index in [1.807, 2.05) is 6.07 Å². The number of nitrogens with one attached hydrogen (secondary N) is 1. The first kappa shape index (κ1) is 23.1. The molecular formula is C23H25BrClN5O2S. The van der Waals surface area contributed by atoms with Crippen LogP contribution in [0.25, 0.3) is 0 Å². The van der Waals surface area contributed by atoms with Crippen LogP contribution in [-0.2, 0) is 22.7 Å². The molecule has 7 nitrogen and oxygen atoms in total. The van der Waals surface area contributed by atoms with E-state index in [4.69, 9.17) is 24.2 Å². The Morgan fingerprint density at radius 1 is 1.18 bits per heavy atom. The Balaban J connectivity index is 1.21. The molecule has 10 heteroatoms. The maximum absolute atomic E-state index is 12.4. The average Bonchev–Trinajstić information content (AvgIpc) is 3.12. The molecule has 3 aliphatic rings. The van der Waals surface area contributed by atoms with Crippen LogP contribution in [0, 0.1) is 0 Å². The predicted octanol–water partition coefficient (Wildman–Crippen LogP) is 3.37. The summed E-state index contributed by atoms with van der Waals surface area (Å²) in [5.41, 5.74) is 4.71. The normalized spacial score (nSPS) is 24.2. The van der Waals surface area contributed by atoms with Crippen molar-refractivity contribution in [2.24, 2.45) is 0 Å². The summed E-state index contributed by atoms with van der Waals surface area (Å²) in [5, 5.41) is 2.82. The number of piperidine rings is 1. The van der Waals surface area contributed by atoms with Crippen molar-refractivity contribution in [1.29, 1.82) is 0 Å². The summed E-state index contributed by atoms with van der Waals surface area (Å²) in [6.07, 6.45) is 2.67. The number of amides is 2. The number of piperazine rings is 1. The Morgan fingerprint density at radius 2 is 1.97 bits per heavy atom. The van der Waals surface area contributed by atoms with Crippen LogP contribution in [0.1, 0.15) is 34.9 Å². The number of hydrogen-bond donors (Lipinski definition) is 2. The first-order chi connectivity index (χ1) is 15.9. The maximum atomic E-state index is 12.4. The highest BCUT2D eigenvalue weighted by molar-refractivity contribution is 9.10. The van der Waals surface area contributed by atoms with E-state index in [0.717, 1.165) is 48.4 Å². The molecule has 0 radical (unpaired) electrons. The van der Waals surface area contributed by atoms with Crippen molar-refractivity contribution < 1.29 is 9.59 Å². The van der Waals surface area contributed by atoms with E-state index in [9.17, 15) is 9.59 Å². The molecule has 2 fully saturated rings. The smallest absolute Gasteiger partial charge is 0.243 e. The molecule has 0 saturated carbocycles. The van der Waals surface area contributed by atoms with Crippen molar-refractivity contribution in [3.8, 4) is 0 Å². The SMILES string of the molecule is O=C1CCC(N2Cc3cc(CN4CCN(c5ccnc(Cl)c5Br)CC4)ccc3C2S)C(=O)N1. The van der Waals surface area contributed by atoms with Gasteiger partial charge in [-0.3, -0.25) is 24.7 Å². The lowest BCUT2D eigenvalue weighted by atomic mass is 10.0. The third-order valence-corrected chi connectivity index (χ3v) is 8.58. The molecule has 0 bridgehead atoms. The second kappa shape index (κ2) is 9.54. The fourth-order valence-electron chi connectivity index (χ4n) is 4.95. The summed E-state index contributed by atoms with van der Waals surface area (Å²) in [5.74, 6) is -0.399. The minimum absolute atomic E-state index is 0.132. The molecule has 2 unspecified atom stereocenters. The minimum atomic E-state index is -0.310. The molecule has 1 aromatic carbocycles. The first-order valence-corrected chi connectivity index (χ1v) is 12.8. The molecule has 2 saturated heterocycles. The predicted molar refractivity (Wildman–Crippen MR) is 134 cm³/mol. The number of carbonyl (C=O) groups excluding carboxylic acids is 2. The molecule has 2 atom stereocenters. The molecule has 33 heavy (non-hydrogen) atoms. The molecule has 5 rings (SSSR count). The summed E-state index contributed by atoms with van der Waals surface area (Å²) < 4.78 is 0.848. The largest absolute Gasteiger partial charge is 0.368 e. The summed E-state index contributed by atoms with van der Waals surface area (Å²) >= 11 is 14.5. The van der Waals surface area contributed by atoms with Crippen molar-refractivity contribution in [3.63, 3.8) is 0 Å². The van der Waals surface area contributed by atoms with Gasteiger partial charge in [-0.15, -0.1) is 0 Å². The number of halogens is 2. The van der Waals surface area contributed by atoms with Crippen molar-refractivity contribution in [2.45, 2.75) is 37.3 Å². The Morgan fingerprint density at radius 3 is 2.73 bits per heavy atom. The Kier molecular flexibility index (Phi) is 6.68. The van der Waals surface area contributed by atoms with E-state index in [-0.39, 0.29) is 23.2 Å². The molecule has 4 heterocycles. The lowest BCUT2D eigenvalue weighted by Crippen LogP contribution is -2.51.